The molecule has 0 aliphatic carbocycles. The fraction of sp³-hybridized carbons (Fsp3) is 0.560. The van der Waals surface area contributed by atoms with Gasteiger partial charge in [0.15, 0.2) is 0 Å². The zero-order chi connectivity index (χ0) is 23.3. The molecule has 1 aromatic carbocycles. The highest BCUT2D eigenvalue weighted by molar-refractivity contribution is 7.14. The van der Waals surface area contributed by atoms with E-state index in [-0.39, 0.29) is 24.7 Å². The summed E-state index contributed by atoms with van der Waals surface area (Å²) in [6.45, 7) is 7.51. The summed E-state index contributed by atoms with van der Waals surface area (Å²) in [6, 6.07) is 7.68. The lowest BCUT2D eigenvalue weighted by Gasteiger charge is -2.33. The molecule has 2 saturated heterocycles. The van der Waals surface area contributed by atoms with Crippen LogP contribution in [0, 0.1) is 0 Å². The first-order valence-corrected chi connectivity index (χ1v) is 12.8. The van der Waals surface area contributed by atoms with Crippen molar-refractivity contribution in [1.82, 2.24) is 4.90 Å². The molecular weight excluding hydrogens is 446 g/mol. The molecule has 0 bridgehead atoms. The molecule has 1 aromatic heterocycles. The molecule has 0 radical (unpaired) electrons. The molecule has 2 aliphatic rings. The minimum absolute atomic E-state index is 0.0409. The number of nitrogens with zero attached hydrogens (tertiary/aromatic N) is 1. The van der Waals surface area contributed by atoms with Gasteiger partial charge in [-0.15, -0.1) is 11.3 Å². The SMILES string of the molecule is CC.CC1CC(O)CC(c2cc(Cc3ccc(C(=O)N4CCCC4)s3)c(Cl)cc2CO)O1. The van der Waals surface area contributed by atoms with Gasteiger partial charge in [-0.3, -0.25) is 4.79 Å². The Balaban J connectivity index is 0.00000141. The monoisotopic (exact) mass is 479 g/mol. The summed E-state index contributed by atoms with van der Waals surface area (Å²) >= 11 is 8.04. The number of thiophene rings is 1. The Bertz CT molecular complexity index is 899. The van der Waals surface area contributed by atoms with E-state index in [0.717, 1.165) is 52.4 Å². The van der Waals surface area contributed by atoms with Crippen molar-refractivity contribution in [3.63, 3.8) is 0 Å². The number of benzene rings is 1. The normalized spacial score (nSPS) is 23.1. The number of hydrogen-bond acceptors (Lipinski definition) is 5. The number of halogens is 1. The number of rotatable bonds is 5. The Morgan fingerprint density at radius 3 is 2.56 bits per heavy atom. The van der Waals surface area contributed by atoms with Crippen LogP contribution < -0.4 is 0 Å². The fourth-order valence-electron chi connectivity index (χ4n) is 4.42. The Labute approximate surface area is 200 Å². The Kier molecular flexibility index (Phi) is 9.14. The molecule has 4 rings (SSSR count). The van der Waals surface area contributed by atoms with Crippen LogP contribution in [0.3, 0.4) is 0 Å². The van der Waals surface area contributed by atoms with E-state index < -0.39 is 6.10 Å². The van der Waals surface area contributed by atoms with Crippen molar-refractivity contribution in [1.29, 1.82) is 0 Å². The second kappa shape index (κ2) is 11.6. The van der Waals surface area contributed by atoms with Gasteiger partial charge < -0.3 is 19.8 Å². The van der Waals surface area contributed by atoms with Crippen molar-refractivity contribution in [2.75, 3.05) is 13.1 Å². The van der Waals surface area contributed by atoms with E-state index >= 15 is 0 Å². The first-order chi connectivity index (χ1) is 15.4. The standard InChI is InChI=1S/C23H28ClNO4S.C2H6/c1-14-8-17(27)12-21(29-14)19-10-15(20(24)11-16(19)13-26)9-18-4-5-22(30-18)23(28)25-6-2-3-7-25;1-2/h4-5,10-11,14,17,21,26-27H,2-3,6-9,12-13H2,1H3;1-2H3. The number of aliphatic hydroxyl groups is 2. The van der Waals surface area contributed by atoms with Crippen LogP contribution in [-0.4, -0.2) is 46.3 Å². The molecule has 7 heteroatoms. The van der Waals surface area contributed by atoms with Gasteiger partial charge in [0, 0.05) is 35.8 Å². The van der Waals surface area contributed by atoms with Crippen LogP contribution in [0.5, 0.6) is 0 Å². The average Bonchev–Trinajstić information content (AvgIpc) is 3.47. The molecule has 3 heterocycles. The maximum Gasteiger partial charge on any atom is 0.263 e. The zero-order valence-corrected chi connectivity index (χ0v) is 20.7. The van der Waals surface area contributed by atoms with E-state index in [1.165, 1.54) is 11.3 Å². The maximum atomic E-state index is 12.6. The van der Waals surface area contributed by atoms with Gasteiger partial charge in [0.1, 0.15) is 0 Å². The van der Waals surface area contributed by atoms with Gasteiger partial charge in [-0.1, -0.05) is 31.5 Å². The first-order valence-electron chi connectivity index (χ1n) is 11.6. The number of amides is 1. The lowest BCUT2D eigenvalue weighted by atomic mass is 9.91. The summed E-state index contributed by atoms with van der Waals surface area (Å²) in [5.74, 6) is 0.116. The molecule has 3 atom stereocenters. The molecule has 2 N–H and O–H groups in total. The van der Waals surface area contributed by atoms with Crippen LogP contribution in [0.4, 0.5) is 0 Å². The highest BCUT2D eigenvalue weighted by atomic mass is 35.5. The number of likely N-dealkylation sites (tertiary alicyclic amines) is 1. The maximum absolute atomic E-state index is 12.6. The summed E-state index contributed by atoms with van der Waals surface area (Å²) < 4.78 is 6.06. The van der Waals surface area contributed by atoms with Crippen molar-refractivity contribution in [3.8, 4) is 0 Å². The lowest BCUT2D eigenvalue weighted by molar-refractivity contribution is -0.0901. The average molecular weight is 480 g/mol. The van der Waals surface area contributed by atoms with Crippen LogP contribution in [0.25, 0.3) is 0 Å². The minimum atomic E-state index is -0.416. The van der Waals surface area contributed by atoms with Gasteiger partial charge >= 0.3 is 0 Å². The smallest absolute Gasteiger partial charge is 0.263 e. The molecule has 2 aliphatic heterocycles. The number of carbonyl (C=O) groups excluding carboxylic acids is 1. The topological polar surface area (TPSA) is 70.0 Å². The Morgan fingerprint density at radius 2 is 1.91 bits per heavy atom. The van der Waals surface area contributed by atoms with Crippen molar-refractivity contribution in [2.45, 2.75) is 77.8 Å². The van der Waals surface area contributed by atoms with Crippen LogP contribution >= 0.6 is 22.9 Å². The summed E-state index contributed by atoms with van der Waals surface area (Å²) in [6.07, 6.45) is 3.17. The molecule has 2 aromatic rings. The third kappa shape index (κ3) is 5.91. The molecule has 2 fully saturated rings. The van der Waals surface area contributed by atoms with Crippen molar-refractivity contribution < 1.29 is 19.7 Å². The summed E-state index contributed by atoms with van der Waals surface area (Å²) in [5.41, 5.74) is 2.54. The predicted molar refractivity (Wildman–Crippen MR) is 130 cm³/mol. The molecular formula is C25H34ClNO4S. The Hall–Kier alpha value is -1.44. The van der Waals surface area contributed by atoms with Crippen LogP contribution in [0.2, 0.25) is 5.02 Å². The molecule has 0 spiro atoms. The van der Waals surface area contributed by atoms with Gasteiger partial charge in [0.05, 0.1) is 29.8 Å². The lowest BCUT2D eigenvalue weighted by Crippen LogP contribution is -2.30. The van der Waals surface area contributed by atoms with Crippen molar-refractivity contribution >= 4 is 28.8 Å². The van der Waals surface area contributed by atoms with Crippen molar-refractivity contribution in [2.24, 2.45) is 0 Å². The predicted octanol–water partition coefficient (Wildman–Crippen LogP) is 5.35. The highest BCUT2D eigenvalue weighted by Crippen LogP contribution is 2.36. The summed E-state index contributed by atoms with van der Waals surface area (Å²) in [7, 11) is 0. The second-order valence-corrected chi connectivity index (χ2v) is 9.88. The third-order valence-corrected chi connectivity index (χ3v) is 7.37. The number of carbonyl (C=O) groups is 1. The van der Waals surface area contributed by atoms with Crippen LogP contribution in [-0.2, 0) is 17.8 Å². The second-order valence-electron chi connectivity index (χ2n) is 8.30. The highest BCUT2D eigenvalue weighted by Gasteiger charge is 2.29. The van der Waals surface area contributed by atoms with E-state index in [0.29, 0.717) is 24.3 Å². The van der Waals surface area contributed by atoms with E-state index in [9.17, 15) is 15.0 Å². The molecule has 0 saturated carbocycles. The summed E-state index contributed by atoms with van der Waals surface area (Å²) in [4.78, 5) is 16.4. The zero-order valence-electron chi connectivity index (χ0n) is 19.1. The molecule has 1 amide bonds. The quantitative estimate of drug-likeness (QED) is 0.606. The first kappa shape index (κ1) is 25.2. The van der Waals surface area contributed by atoms with Crippen LogP contribution in [0.15, 0.2) is 24.3 Å². The van der Waals surface area contributed by atoms with Gasteiger partial charge in [-0.25, -0.2) is 0 Å². The van der Waals surface area contributed by atoms with Gasteiger partial charge in [-0.05, 0) is 61.1 Å². The third-order valence-electron chi connectivity index (χ3n) is 5.94. The number of ether oxygens (including phenoxy) is 1. The van der Waals surface area contributed by atoms with Gasteiger partial charge in [0.2, 0.25) is 0 Å². The number of aliphatic hydroxyl groups excluding tert-OH is 2. The van der Waals surface area contributed by atoms with Gasteiger partial charge in [-0.2, -0.15) is 0 Å². The van der Waals surface area contributed by atoms with Crippen LogP contribution in [0.1, 0.15) is 83.8 Å². The molecule has 3 unspecified atom stereocenters. The number of hydrogen-bond donors (Lipinski definition) is 2. The van der Waals surface area contributed by atoms with E-state index in [2.05, 4.69) is 0 Å². The fourth-order valence-corrected chi connectivity index (χ4v) is 5.67. The van der Waals surface area contributed by atoms with Gasteiger partial charge in [0.25, 0.3) is 5.91 Å². The molecule has 176 valence electrons. The summed E-state index contributed by atoms with van der Waals surface area (Å²) in [5, 5.41) is 20.6. The molecule has 5 nitrogen and oxygen atoms in total. The van der Waals surface area contributed by atoms with E-state index in [4.69, 9.17) is 16.3 Å². The van der Waals surface area contributed by atoms with E-state index in [1.807, 2.05) is 43.9 Å². The Morgan fingerprint density at radius 1 is 1.19 bits per heavy atom. The molecule has 32 heavy (non-hydrogen) atoms. The van der Waals surface area contributed by atoms with Crippen molar-refractivity contribution in [3.05, 3.63) is 55.7 Å². The van der Waals surface area contributed by atoms with E-state index in [1.54, 1.807) is 6.07 Å². The largest absolute Gasteiger partial charge is 0.393 e. The minimum Gasteiger partial charge on any atom is -0.393 e.